The van der Waals surface area contributed by atoms with E-state index in [-0.39, 0.29) is 5.82 Å². The molecule has 2 unspecified atom stereocenters. The Morgan fingerprint density at radius 2 is 1.72 bits per heavy atom. The maximum atomic E-state index is 13.1. The van der Waals surface area contributed by atoms with E-state index in [1.807, 2.05) is 11.6 Å². The van der Waals surface area contributed by atoms with Crippen LogP contribution in [0.25, 0.3) is 11.2 Å². The van der Waals surface area contributed by atoms with Crippen LogP contribution < -0.4 is 9.80 Å². The number of pyridine rings is 1. The lowest BCUT2D eigenvalue weighted by atomic mass is 10.0. The van der Waals surface area contributed by atoms with Gasteiger partial charge in [0.05, 0.1) is 12.5 Å². The largest absolute Gasteiger partial charge is 0.356 e. The number of halogens is 1. The van der Waals surface area contributed by atoms with E-state index in [0.29, 0.717) is 11.8 Å². The molecule has 0 radical (unpaired) electrons. The quantitative estimate of drug-likeness (QED) is 0.705. The Kier molecular flexibility index (Phi) is 3.13. The zero-order valence-electron chi connectivity index (χ0n) is 13.9. The van der Waals surface area contributed by atoms with Crippen LogP contribution in [0.1, 0.15) is 0 Å². The van der Waals surface area contributed by atoms with Crippen molar-refractivity contribution in [3.8, 4) is 0 Å². The van der Waals surface area contributed by atoms with Gasteiger partial charge >= 0.3 is 0 Å². The standard InChI is InChI=1S/C17H18FN7/c1-23-10-22-15-16(23)20-9-21-17(15)25-7-11-5-24(6-12(11)8-25)14-3-2-13(18)4-19-14/h2-4,9-12H,5-8H2,1H3. The van der Waals surface area contributed by atoms with Crippen LogP contribution in [0.4, 0.5) is 16.0 Å². The van der Waals surface area contributed by atoms with Gasteiger partial charge in [0.15, 0.2) is 17.0 Å². The fourth-order valence-corrected chi connectivity index (χ4v) is 4.07. The molecule has 0 bridgehead atoms. The van der Waals surface area contributed by atoms with E-state index >= 15 is 0 Å². The lowest BCUT2D eigenvalue weighted by molar-refractivity contribution is 0.533. The second-order valence-electron chi connectivity index (χ2n) is 6.89. The summed E-state index contributed by atoms with van der Waals surface area (Å²) in [5, 5.41) is 0. The van der Waals surface area contributed by atoms with Crippen molar-refractivity contribution in [2.45, 2.75) is 0 Å². The van der Waals surface area contributed by atoms with E-state index in [9.17, 15) is 4.39 Å². The van der Waals surface area contributed by atoms with Crippen LogP contribution in [-0.2, 0) is 7.05 Å². The van der Waals surface area contributed by atoms with Crippen LogP contribution >= 0.6 is 0 Å². The van der Waals surface area contributed by atoms with Crippen LogP contribution in [0.2, 0.25) is 0 Å². The summed E-state index contributed by atoms with van der Waals surface area (Å²) in [7, 11) is 1.94. The number of aromatic nitrogens is 5. The molecule has 2 aliphatic rings. The third kappa shape index (κ3) is 2.32. The van der Waals surface area contributed by atoms with Crippen LogP contribution in [0.5, 0.6) is 0 Å². The summed E-state index contributed by atoms with van der Waals surface area (Å²) >= 11 is 0. The van der Waals surface area contributed by atoms with Gasteiger partial charge in [-0.3, -0.25) is 0 Å². The number of hydrogen-bond donors (Lipinski definition) is 0. The lowest BCUT2D eigenvalue weighted by Gasteiger charge is -2.23. The number of imidazole rings is 1. The Balaban J connectivity index is 1.36. The Hall–Kier alpha value is -2.77. The molecule has 0 amide bonds. The van der Waals surface area contributed by atoms with Gasteiger partial charge in [-0.15, -0.1) is 0 Å². The molecular formula is C17H18FN7. The Bertz CT molecular complexity index is 908. The third-order valence-corrected chi connectivity index (χ3v) is 5.30. The van der Waals surface area contributed by atoms with Crippen molar-refractivity contribution >= 4 is 22.8 Å². The molecule has 2 saturated heterocycles. The third-order valence-electron chi connectivity index (χ3n) is 5.30. The molecule has 128 valence electrons. The highest BCUT2D eigenvalue weighted by atomic mass is 19.1. The van der Waals surface area contributed by atoms with Crippen LogP contribution in [0, 0.1) is 17.7 Å². The minimum Gasteiger partial charge on any atom is -0.356 e. The second kappa shape index (κ2) is 5.37. The number of hydrogen-bond acceptors (Lipinski definition) is 6. The fourth-order valence-electron chi connectivity index (χ4n) is 4.07. The van der Waals surface area contributed by atoms with Gasteiger partial charge in [0.25, 0.3) is 0 Å². The minimum absolute atomic E-state index is 0.294. The summed E-state index contributed by atoms with van der Waals surface area (Å²) in [6.45, 7) is 3.78. The van der Waals surface area contributed by atoms with Crippen molar-refractivity contribution in [3.05, 3.63) is 36.8 Å². The first-order valence-electron chi connectivity index (χ1n) is 8.42. The van der Waals surface area contributed by atoms with E-state index < -0.39 is 0 Å². The summed E-state index contributed by atoms with van der Waals surface area (Å²) in [5.41, 5.74) is 1.72. The van der Waals surface area contributed by atoms with Gasteiger partial charge in [0.2, 0.25) is 0 Å². The van der Waals surface area contributed by atoms with E-state index in [1.54, 1.807) is 18.7 Å². The molecule has 2 fully saturated rings. The molecule has 2 aliphatic heterocycles. The van der Waals surface area contributed by atoms with Gasteiger partial charge < -0.3 is 14.4 Å². The smallest absolute Gasteiger partial charge is 0.165 e. The minimum atomic E-state index is -0.294. The summed E-state index contributed by atoms with van der Waals surface area (Å²) in [6, 6.07) is 3.23. The van der Waals surface area contributed by atoms with Crippen LogP contribution in [0.15, 0.2) is 31.0 Å². The second-order valence-corrected chi connectivity index (χ2v) is 6.89. The van der Waals surface area contributed by atoms with Gasteiger partial charge in [-0.1, -0.05) is 0 Å². The number of aryl methyl sites for hydroxylation is 1. The molecule has 0 saturated carbocycles. The van der Waals surface area contributed by atoms with Crippen LogP contribution in [-0.4, -0.2) is 50.7 Å². The SMILES string of the molecule is Cn1cnc2c(N3CC4CN(c5ccc(F)cn5)CC4C3)ncnc21. The molecule has 8 heteroatoms. The predicted molar refractivity (Wildman–Crippen MR) is 91.9 cm³/mol. The maximum Gasteiger partial charge on any atom is 0.165 e. The predicted octanol–water partition coefficient (Wildman–Crippen LogP) is 1.47. The van der Waals surface area contributed by atoms with Crippen molar-refractivity contribution in [1.82, 2.24) is 24.5 Å². The monoisotopic (exact) mass is 339 g/mol. The van der Waals surface area contributed by atoms with Gasteiger partial charge in [-0.05, 0) is 12.1 Å². The van der Waals surface area contributed by atoms with E-state index in [0.717, 1.165) is 49.0 Å². The van der Waals surface area contributed by atoms with Crippen LogP contribution in [0.3, 0.4) is 0 Å². The van der Waals surface area contributed by atoms with Gasteiger partial charge in [-0.2, -0.15) is 0 Å². The molecule has 0 aliphatic carbocycles. The maximum absolute atomic E-state index is 13.1. The summed E-state index contributed by atoms with van der Waals surface area (Å²) in [6.07, 6.45) is 4.68. The number of anilines is 2. The summed E-state index contributed by atoms with van der Waals surface area (Å²) in [5.74, 6) is 2.60. The topological polar surface area (TPSA) is 63.0 Å². The number of nitrogens with zero attached hydrogens (tertiary/aromatic N) is 7. The average molecular weight is 339 g/mol. The Labute approximate surface area is 144 Å². The van der Waals surface area contributed by atoms with E-state index in [1.165, 1.54) is 12.3 Å². The molecule has 0 N–H and O–H groups in total. The molecule has 0 spiro atoms. The summed E-state index contributed by atoms with van der Waals surface area (Å²) in [4.78, 5) is 22.1. The number of rotatable bonds is 2. The van der Waals surface area contributed by atoms with Gasteiger partial charge in [-0.25, -0.2) is 24.3 Å². The molecular weight excluding hydrogens is 321 g/mol. The highest BCUT2D eigenvalue weighted by Crippen LogP contribution is 2.36. The Morgan fingerprint density at radius 3 is 2.44 bits per heavy atom. The van der Waals surface area contributed by atoms with Crippen molar-refractivity contribution < 1.29 is 4.39 Å². The zero-order chi connectivity index (χ0) is 17.0. The van der Waals surface area contributed by atoms with E-state index in [4.69, 9.17) is 0 Å². The summed E-state index contributed by atoms with van der Waals surface area (Å²) < 4.78 is 15.0. The fraction of sp³-hybridized carbons (Fsp3) is 0.412. The molecule has 5 heterocycles. The molecule has 25 heavy (non-hydrogen) atoms. The first-order valence-corrected chi connectivity index (χ1v) is 8.42. The molecule has 7 nitrogen and oxygen atoms in total. The van der Waals surface area contributed by atoms with Crippen molar-refractivity contribution in [2.75, 3.05) is 36.0 Å². The molecule has 5 rings (SSSR count). The van der Waals surface area contributed by atoms with Crippen molar-refractivity contribution in [3.63, 3.8) is 0 Å². The van der Waals surface area contributed by atoms with Gasteiger partial charge in [0, 0.05) is 45.1 Å². The van der Waals surface area contributed by atoms with Crippen molar-refractivity contribution in [2.24, 2.45) is 18.9 Å². The molecule has 3 aromatic heterocycles. The number of fused-ring (bicyclic) bond motifs is 2. The first kappa shape index (κ1) is 14.6. The van der Waals surface area contributed by atoms with Gasteiger partial charge in [0.1, 0.15) is 18.0 Å². The Morgan fingerprint density at radius 1 is 0.960 bits per heavy atom. The lowest BCUT2D eigenvalue weighted by Crippen LogP contribution is -2.29. The average Bonchev–Trinajstić information content (AvgIpc) is 3.29. The highest BCUT2D eigenvalue weighted by molar-refractivity contribution is 5.83. The first-order chi connectivity index (χ1) is 12.2. The molecule has 3 aromatic rings. The van der Waals surface area contributed by atoms with E-state index in [2.05, 4.69) is 29.7 Å². The highest BCUT2D eigenvalue weighted by Gasteiger charge is 2.41. The normalized spacial score (nSPS) is 22.8. The van der Waals surface area contributed by atoms with Crippen molar-refractivity contribution in [1.29, 1.82) is 0 Å². The molecule has 0 aromatic carbocycles. The molecule has 2 atom stereocenters. The zero-order valence-corrected chi connectivity index (χ0v) is 13.9.